The van der Waals surface area contributed by atoms with Crippen molar-refractivity contribution < 1.29 is 13.2 Å². The van der Waals surface area contributed by atoms with Crippen molar-refractivity contribution in [3.8, 4) is 0 Å². The number of carbonyl (C=O) groups is 1. The van der Waals surface area contributed by atoms with Gasteiger partial charge in [0.15, 0.2) is 0 Å². The second kappa shape index (κ2) is 7.17. The highest BCUT2D eigenvalue weighted by Gasteiger charge is 2.21. The normalized spacial score (nSPS) is 11.8. The monoisotopic (exact) mass is 388 g/mol. The van der Waals surface area contributed by atoms with E-state index >= 15 is 0 Å². The average molecular weight is 389 g/mol. The first-order valence-electron chi connectivity index (χ1n) is 8.26. The molecule has 0 saturated heterocycles. The number of rotatable bonds is 5. The predicted octanol–water partition coefficient (Wildman–Crippen LogP) is 4.29. The van der Waals surface area contributed by atoms with Gasteiger partial charge in [-0.15, -0.1) is 11.3 Å². The van der Waals surface area contributed by atoms with Crippen LogP contribution in [0.4, 0.5) is 5.69 Å². The lowest BCUT2D eigenvalue weighted by molar-refractivity contribution is 0.102. The number of benzene rings is 2. The second-order valence-corrected chi connectivity index (χ2v) is 9.90. The van der Waals surface area contributed by atoms with Crippen LogP contribution in [0, 0.1) is 12.8 Å². The largest absolute Gasteiger partial charge is 0.322 e. The van der Waals surface area contributed by atoms with Gasteiger partial charge in [0.25, 0.3) is 5.91 Å². The van der Waals surface area contributed by atoms with E-state index in [4.69, 9.17) is 0 Å². The molecule has 26 heavy (non-hydrogen) atoms. The summed E-state index contributed by atoms with van der Waals surface area (Å²) in [6.07, 6.45) is 0. The molecule has 0 aliphatic heterocycles. The molecule has 1 heterocycles. The fraction of sp³-hybridized carbons (Fsp3) is 0.263. The number of thiazole rings is 1. The molecule has 0 fully saturated rings. The number of aryl methyl sites for hydroxylation is 1. The first kappa shape index (κ1) is 18.5. The summed E-state index contributed by atoms with van der Waals surface area (Å²) in [6, 6.07) is 12.5. The highest BCUT2D eigenvalue weighted by molar-refractivity contribution is 7.93. The van der Waals surface area contributed by atoms with Gasteiger partial charge in [-0.05, 0) is 43.2 Å². The molecule has 0 spiro atoms. The van der Waals surface area contributed by atoms with Crippen molar-refractivity contribution in [3.63, 3.8) is 0 Å². The van der Waals surface area contributed by atoms with Crippen molar-refractivity contribution in [3.05, 3.63) is 53.6 Å². The van der Waals surface area contributed by atoms with Crippen LogP contribution in [0.2, 0.25) is 0 Å². The van der Waals surface area contributed by atoms with Gasteiger partial charge >= 0.3 is 0 Å². The van der Waals surface area contributed by atoms with E-state index in [2.05, 4.69) is 10.3 Å². The molecule has 3 rings (SSSR count). The van der Waals surface area contributed by atoms with Gasteiger partial charge in [0.1, 0.15) is 0 Å². The molecule has 0 radical (unpaired) electrons. The smallest absolute Gasteiger partial charge is 0.255 e. The maximum atomic E-state index is 12.4. The highest BCUT2D eigenvalue weighted by Crippen LogP contribution is 2.29. The number of amides is 1. The van der Waals surface area contributed by atoms with Gasteiger partial charge in [0.05, 0.1) is 16.0 Å². The van der Waals surface area contributed by atoms with Crippen LogP contribution in [0.5, 0.6) is 0 Å². The van der Waals surface area contributed by atoms with Crippen LogP contribution >= 0.6 is 11.3 Å². The molecule has 2 aromatic carbocycles. The molecular weight excluding hydrogens is 368 g/mol. The zero-order valence-electron chi connectivity index (χ0n) is 14.8. The molecule has 3 aromatic rings. The number of nitrogens with zero attached hydrogens (tertiary/aromatic N) is 1. The van der Waals surface area contributed by atoms with Crippen LogP contribution in [0.15, 0.2) is 46.8 Å². The maximum Gasteiger partial charge on any atom is 0.255 e. The van der Waals surface area contributed by atoms with Crippen LogP contribution < -0.4 is 5.32 Å². The van der Waals surface area contributed by atoms with E-state index < -0.39 is 9.84 Å². The molecule has 0 saturated carbocycles. The number of sulfone groups is 1. The van der Waals surface area contributed by atoms with Crippen LogP contribution in [0.3, 0.4) is 0 Å². The minimum Gasteiger partial charge on any atom is -0.322 e. The van der Waals surface area contributed by atoms with E-state index in [0.29, 0.717) is 16.8 Å². The number of nitrogens with one attached hydrogen (secondary N) is 1. The fourth-order valence-electron chi connectivity index (χ4n) is 2.53. The van der Waals surface area contributed by atoms with Crippen molar-refractivity contribution in [1.29, 1.82) is 0 Å². The third-order valence-electron chi connectivity index (χ3n) is 3.76. The van der Waals surface area contributed by atoms with Crippen molar-refractivity contribution in [2.24, 2.45) is 5.92 Å². The SMILES string of the molecule is Cc1ccc(C(=O)Nc2ccc3nc(S(=O)(=O)CC(C)C)sc3c2)cc1. The Morgan fingerprint density at radius 3 is 2.50 bits per heavy atom. The maximum absolute atomic E-state index is 12.4. The van der Waals surface area contributed by atoms with E-state index in [0.717, 1.165) is 21.6 Å². The molecule has 5 nitrogen and oxygen atoms in total. The lowest BCUT2D eigenvalue weighted by atomic mass is 10.1. The Bertz CT molecular complexity index is 1050. The summed E-state index contributed by atoms with van der Waals surface area (Å²) in [5.74, 6) is -0.0954. The summed E-state index contributed by atoms with van der Waals surface area (Å²) in [4.78, 5) is 16.6. The summed E-state index contributed by atoms with van der Waals surface area (Å²) in [5, 5.41) is 2.84. The first-order valence-corrected chi connectivity index (χ1v) is 10.7. The summed E-state index contributed by atoms with van der Waals surface area (Å²) in [7, 11) is -3.38. The van der Waals surface area contributed by atoms with Crippen molar-refractivity contribution in [1.82, 2.24) is 4.98 Å². The third-order valence-corrected chi connectivity index (χ3v) is 7.31. The van der Waals surface area contributed by atoms with E-state index in [-0.39, 0.29) is 21.9 Å². The van der Waals surface area contributed by atoms with Crippen molar-refractivity contribution >= 4 is 43.0 Å². The molecular formula is C19H20N2O3S2. The number of hydrogen-bond donors (Lipinski definition) is 1. The summed E-state index contributed by atoms with van der Waals surface area (Å²) >= 11 is 1.13. The Balaban J connectivity index is 1.85. The molecule has 7 heteroatoms. The first-order chi connectivity index (χ1) is 12.2. The van der Waals surface area contributed by atoms with Crippen LogP contribution in [-0.2, 0) is 9.84 Å². The van der Waals surface area contributed by atoms with E-state index in [1.165, 1.54) is 0 Å². The van der Waals surface area contributed by atoms with Gasteiger partial charge in [0.2, 0.25) is 14.2 Å². The molecule has 0 atom stereocenters. The van der Waals surface area contributed by atoms with Crippen molar-refractivity contribution in [2.75, 3.05) is 11.1 Å². The Hall–Kier alpha value is -2.25. The van der Waals surface area contributed by atoms with Gasteiger partial charge in [-0.1, -0.05) is 31.5 Å². The molecule has 0 bridgehead atoms. The van der Waals surface area contributed by atoms with Crippen LogP contribution in [0.25, 0.3) is 10.2 Å². The Morgan fingerprint density at radius 2 is 1.85 bits per heavy atom. The number of carbonyl (C=O) groups excluding carboxylic acids is 1. The van der Waals surface area contributed by atoms with E-state index in [1.54, 1.807) is 30.3 Å². The number of fused-ring (bicyclic) bond motifs is 1. The fourth-order valence-corrected chi connectivity index (χ4v) is 5.51. The van der Waals surface area contributed by atoms with Gasteiger partial charge in [-0.3, -0.25) is 4.79 Å². The Morgan fingerprint density at radius 1 is 1.15 bits per heavy atom. The topological polar surface area (TPSA) is 76.1 Å². The zero-order valence-corrected chi connectivity index (χ0v) is 16.4. The highest BCUT2D eigenvalue weighted by atomic mass is 32.2. The standard InChI is InChI=1S/C19H20N2O3S2/c1-12(2)11-26(23,24)19-21-16-9-8-15(10-17(16)25-19)20-18(22)14-6-4-13(3)5-7-14/h4-10,12H,11H2,1-3H3,(H,20,22). The molecule has 1 amide bonds. The summed E-state index contributed by atoms with van der Waals surface area (Å²) < 4.78 is 25.6. The quantitative estimate of drug-likeness (QED) is 0.707. The van der Waals surface area contributed by atoms with Crippen molar-refractivity contribution in [2.45, 2.75) is 25.1 Å². The number of hydrogen-bond acceptors (Lipinski definition) is 5. The lowest BCUT2D eigenvalue weighted by Gasteiger charge is -2.05. The minimum absolute atomic E-state index is 0.0383. The molecule has 136 valence electrons. The Kier molecular flexibility index (Phi) is 5.11. The predicted molar refractivity (Wildman–Crippen MR) is 106 cm³/mol. The second-order valence-electron chi connectivity index (χ2n) is 6.66. The summed E-state index contributed by atoms with van der Waals surface area (Å²) in [5.41, 5.74) is 2.88. The number of aromatic nitrogens is 1. The molecule has 0 aliphatic carbocycles. The third kappa shape index (κ3) is 4.11. The molecule has 1 N–H and O–H groups in total. The minimum atomic E-state index is -3.38. The van der Waals surface area contributed by atoms with Gasteiger partial charge in [0, 0.05) is 11.3 Å². The van der Waals surface area contributed by atoms with Gasteiger partial charge < -0.3 is 5.32 Å². The van der Waals surface area contributed by atoms with Gasteiger partial charge in [-0.25, -0.2) is 13.4 Å². The lowest BCUT2D eigenvalue weighted by Crippen LogP contribution is -2.11. The van der Waals surface area contributed by atoms with Crippen LogP contribution in [0.1, 0.15) is 29.8 Å². The van der Waals surface area contributed by atoms with Crippen LogP contribution in [-0.4, -0.2) is 25.1 Å². The average Bonchev–Trinajstić information content (AvgIpc) is 2.98. The molecule has 0 aliphatic rings. The van der Waals surface area contributed by atoms with E-state index in [9.17, 15) is 13.2 Å². The van der Waals surface area contributed by atoms with Gasteiger partial charge in [-0.2, -0.15) is 0 Å². The zero-order chi connectivity index (χ0) is 18.9. The summed E-state index contributed by atoms with van der Waals surface area (Å²) in [6.45, 7) is 5.69. The molecule has 0 unspecified atom stereocenters. The molecule has 1 aromatic heterocycles. The van der Waals surface area contributed by atoms with E-state index in [1.807, 2.05) is 32.9 Å². The Labute approximate surface area is 157 Å². The number of anilines is 1.